The number of rotatable bonds is 3. The Hall–Kier alpha value is -1.77. The lowest BCUT2D eigenvalue weighted by atomic mass is 9.94. The number of ether oxygens (including phenoxy) is 1. The van der Waals surface area contributed by atoms with E-state index in [1.165, 1.54) is 0 Å². The van der Waals surface area contributed by atoms with Gasteiger partial charge in [0.15, 0.2) is 0 Å². The zero-order chi connectivity index (χ0) is 14.4. The third kappa shape index (κ3) is 4.78. The highest BCUT2D eigenvalue weighted by molar-refractivity contribution is 5.74. The van der Waals surface area contributed by atoms with E-state index < -0.39 is 11.9 Å². The standard InChI is InChI=1S/C16H22O3/c1-11-6-8-15(19-4)10-12(2)5-7-14(9-11)13(3)16(17)18/h5-13H,1-4H3,(H,17,18)/b7-5-,8-6?,14-9+,15-10?. The first-order chi connectivity index (χ1) is 8.93. The van der Waals surface area contributed by atoms with Crippen LogP contribution in [0.5, 0.6) is 0 Å². The van der Waals surface area contributed by atoms with E-state index in [0.717, 1.165) is 11.3 Å². The molecule has 104 valence electrons. The second-order valence-corrected chi connectivity index (χ2v) is 4.94. The van der Waals surface area contributed by atoms with Gasteiger partial charge in [-0.3, -0.25) is 4.79 Å². The van der Waals surface area contributed by atoms with E-state index in [1.807, 2.05) is 50.3 Å². The molecule has 0 heterocycles. The maximum Gasteiger partial charge on any atom is 0.310 e. The van der Waals surface area contributed by atoms with Crippen molar-refractivity contribution in [2.24, 2.45) is 17.8 Å². The van der Waals surface area contributed by atoms with Crippen molar-refractivity contribution >= 4 is 5.97 Å². The molecule has 1 N–H and O–H groups in total. The second kappa shape index (κ2) is 6.98. The van der Waals surface area contributed by atoms with Gasteiger partial charge in [-0.15, -0.1) is 0 Å². The molecule has 0 amide bonds. The molecular weight excluding hydrogens is 240 g/mol. The summed E-state index contributed by atoms with van der Waals surface area (Å²) in [6.07, 6.45) is 11.8. The van der Waals surface area contributed by atoms with Gasteiger partial charge in [0, 0.05) is 0 Å². The Bertz CT molecular complexity index is 441. The van der Waals surface area contributed by atoms with Gasteiger partial charge in [-0.2, -0.15) is 0 Å². The van der Waals surface area contributed by atoms with E-state index in [2.05, 4.69) is 0 Å². The number of allylic oxidation sites excluding steroid dienone is 6. The zero-order valence-electron chi connectivity index (χ0n) is 12.0. The molecule has 3 unspecified atom stereocenters. The molecule has 0 radical (unpaired) electrons. The molecule has 0 bridgehead atoms. The molecule has 1 aliphatic carbocycles. The second-order valence-electron chi connectivity index (χ2n) is 4.94. The van der Waals surface area contributed by atoms with Crippen molar-refractivity contribution < 1.29 is 14.6 Å². The maximum atomic E-state index is 11.1. The van der Waals surface area contributed by atoms with E-state index in [1.54, 1.807) is 14.0 Å². The molecule has 0 spiro atoms. The summed E-state index contributed by atoms with van der Waals surface area (Å²) in [6, 6.07) is 0. The van der Waals surface area contributed by atoms with Gasteiger partial charge in [-0.1, -0.05) is 38.2 Å². The normalized spacial score (nSPS) is 29.7. The van der Waals surface area contributed by atoms with Gasteiger partial charge in [0.1, 0.15) is 5.76 Å². The van der Waals surface area contributed by atoms with Crippen LogP contribution in [0.15, 0.2) is 47.8 Å². The van der Waals surface area contributed by atoms with Gasteiger partial charge in [0.2, 0.25) is 0 Å². The Morgan fingerprint density at radius 2 is 1.79 bits per heavy atom. The quantitative estimate of drug-likeness (QED) is 0.846. The minimum Gasteiger partial charge on any atom is -0.497 e. The van der Waals surface area contributed by atoms with Crippen LogP contribution < -0.4 is 0 Å². The zero-order valence-corrected chi connectivity index (χ0v) is 12.0. The lowest BCUT2D eigenvalue weighted by Crippen LogP contribution is -2.12. The molecular formula is C16H22O3. The van der Waals surface area contributed by atoms with E-state index >= 15 is 0 Å². The summed E-state index contributed by atoms with van der Waals surface area (Å²) in [7, 11) is 1.65. The van der Waals surface area contributed by atoms with Crippen LogP contribution in [-0.2, 0) is 9.53 Å². The summed E-state index contributed by atoms with van der Waals surface area (Å²) < 4.78 is 5.28. The third-order valence-electron chi connectivity index (χ3n) is 3.14. The fourth-order valence-electron chi connectivity index (χ4n) is 1.86. The van der Waals surface area contributed by atoms with Crippen LogP contribution in [-0.4, -0.2) is 18.2 Å². The summed E-state index contributed by atoms with van der Waals surface area (Å²) in [5.41, 5.74) is 0.839. The number of aliphatic carboxylic acids is 1. The molecule has 1 rings (SSSR count). The van der Waals surface area contributed by atoms with Crippen LogP contribution in [0.3, 0.4) is 0 Å². The highest BCUT2D eigenvalue weighted by Crippen LogP contribution is 2.20. The molecule has 0 aromatic rings. The van der Waals surface area contributed by atoms with E-state index in [-0.39, 0.29) is 11.8 Å². The molecule has 0 aromatic carbocycles. The molecule has 0 aromatic heterocycles. The number of hydrogen-bond donors (Lipinski definition) is 1. The van der Waals surface area contributed by atoms with Crippen molar-refractivity contribution in [2.45, 2.75) is 20.8 Å². The van der Waals surface area contributed by atoms with Crippen molar-refractivity contribution in [1.29, 1.82) is 0 Å². The topological polar surface area (TPSA) is 46.5 Å². The van der Waals surface area contributed by atoms with Crippen LogP contribution in [0.1, 0.15) is 20.8 Å². The summed E-state index contributed by atoms with van der Waals surface area (Å²) >= 11 is 0. The SMILES string of the molecule is COC1=CC(C)/C=C\C(C(C)C(=O)O)=C/C(C)C=C1. The number of carboxylic acids is 1. The predicted molar refractivity (Wildman–Crippen MR) is 76.6 cm³/mol. The summed E-state index contributed by atoms with van der Waals surface area (Å²) in [5.74, 6) is -0.118. The number of carbonyl (C=O) groups is 1. The van der Waals surface area contributed by atoms with Gasteiger partial charge in [-0.05, 0) is 36.5 Å². The van der Waals surface area contributed by atoms with Crippen molar-refractivity contribution in [3.63, 3.8) is 0 Å². The maximum absolute atomic E-state index is 11.1. The predicted octanol–water partition coefficient (Wildman–Crippen LogP) is 3.56. The summed E-state index contributed by atoms with van der Waals surface area (Å²) in [5, 5.41) is 9.13. The minimum absolute atomic E-state index is 0.161. The van der Waals surface area contributed by atoms with E-state index in [4.69, 9.17) is 9.84 Å². The Labute approximate surface area is 115 Å². The Balaban J connectivity index is 3.09. The van der Waals surface area contributed by atoms with Gasteiger partial charge >= 0.3 is 5.97 Å². The van der Waals surface area contributed by atoms with Crippen LogP contribution in [0.4, 0.5) is 0 Å². The van der Waals surface area contributed by atoms with Crippen LogP contribution in [0.25, 0.3) is 0 Å². The molecule has 3 atom stereocenters. The van der Waals surface area contributed by atoms with Crippen LogP contribution in [0, 0.1) is 17.8 Å². The Kier molecular flexibility index (Phi) is 5.61. The average Bonchev–Trinajstić information content (AvgIpc) is 2.37. The van der Waals surface area contributed by atoms with Gasteiger partial charge < -0.3 is 9.84 Å². The van der Waals surface area contributed by atoms with E-state index in [9.17, 15) is 4.79 Å². The molecule has 19 heavy (non-hydrogen) atoms. The largest absolute Gasteiger partial charge is 0.497 e. The van der Waals surface area contributed by atoms with Crippen molar-refractivity contribution in [3.05, 3.63) is 47.8 Å². The van der Waals surface area contributed by atoms with Crippen molar-refractivity contribution in [1.82, 2.24) is 0 Å². The van der Waals surface area contributed by atoms with Crippen molar-refractivity contribution in [3.8, 4) is 0 Å². The fourth-order valence-corrected chi connectivity index (χ4v) is 1.86. The lowest BCUT2D eigenvalue weighted by Gasteiger charge is -2.13. The number of methoxy groups -OCH3 is 1. The fraction of sp³-hybridized carbons (Fsp3) is 0.438. The molecule has 0 fully saturated rings. The van der Waals surface area contributed by atoms with Gasteiger partial charge in [0.25, 0.3) is 0 Å². The average molecular weight is 262 g/mol. The first kappa shape index (κ1) is 15.3. The molecule has 0 saturated heterocycles. The monoisotopic (exact) mass is 262 g/mol. The molecule has 0 aliphatic heterocycles. The summed E-state index contributed by atoms with van der Waals surface area (Å²) in [6.45, 7) is 5.77. The lowest BCUT2D eigenvalue weighted by molar-refractivity contribution is -0.139. The molecule has 3 nitrogen and oxygen atoms in total. The third-order valence-corrected chi connectivity index (χ3v) is 3.14. The number of carboxylic acid groups (broad SMARTS) is 1. The Morgan fingerprint density at radius 3 is 2.37 bits per heavy atom. The van der Waals surface area contributed by atoms with E-state index in [0.29, 0.717) is 0 Å². The molecule has 0 saturated carbocycles. The van der Waals surface area contributed by atoms with Crippen molar-refractivity contribution in [2.75, 3.05) is 7.11 Å². The van der Waals surface area contributed by atoms with Crippen LogP contribution >= 0.6 is 0 Å². The van der Waals surface area contributed by atoms with Gasteiger partial charge in [0.05, 0.1) is 13.0 Å². The number of hydrogen-bond acceptors (Lipinski definition) is 2. The molecule has 3 heteroatoms. The first-order valence-electron chi connectivity index (χ1n) is 6.50. The van der Waals surface area contributed by atoms with Crippen LogP contribution in [0.2, 0.25) is 0 Å². The highest BCUT2D eigenvalue weighted by Gasteiger charge is 2.15. The minimum atomic E-state index is -0.801. The molecule has 1 aliphatic rings. The highest BCUT2D eigenvalue weighted by atomic mass is 16.5. The first-order valence-corrected chi connectivity index (χ1v) is 6.50. The van der Waals surface area contributed by atoms with Gasteiger partial charge in [-0.25, -0.2) is 0 Å². The smallest absolute Gasteiger partial charge is 0.310 e. The Morgan fingerprint density at radius 1 is 1.21 bits per heavy atom. The summed E-state index contributed by atoms with van der Waals surface area (Å²) in [4.78, 5) is 11.1.